The van der Waals surface area contributed by atoms with Crippen LogP contribution in [-0.4, -0.2) is 11.8 Å². The molecule has 3 aromatic carbocycles. The topological polar surface area (TPSA) is 84.5 Å². The third-order valence-corrected chi connectivity index (χ3v) is 5.96. The highest BCUT2D eigenvalue weighted by Crippen LogP contribution is 2.34. The van der Waals surface area contributed by atoms with E-state index in [0.717, 1.165) is 28.6 Å². The minimum atomic E-state index is -4.56. The molecule has 2 amide bonds. The third-order valence-electron chi connectivity index (χ3n) is 5.96. The lowest BCUT2D eigenvalue weighted by atomic mass is 10.0. The molecule has 37 heavy (non-hydrogen) atoms. The van der Waals surface area contributed by atoms with Crippen LogP contribution >= 0.6 is 0 Å². The lowest BCUT2D eigenvalue weighted by molar-refractivity contribution is -0.137. The van der Waals surface area contributed by atoms with Crippen LogP contribution in [0.3, 0.4) is 0 Å². The largest absolute Gasteiger partial charge is 0.464 e. The zero-order valence-corrected chi connectivity index (χ0v) is 19.8. The summed E-state index contributed by atoms with van der Waals surface area (Å²) in [6, 6.07) is 14.9. The fourth-order valence-electron chi connectivity index (χ4n) is 4.40. The van der Waals surface area contributed by atoms with Crippen LogP contribution in [0.25, 0.3) is 21.9 Å². The van der Waals surface area contributed by atoms with Gasteiger partial charge in [-0.15, -0.1) is 0 Å². The molecule has 2 aromatic heterocycles. The van der Waals surface area contributed by atoms with Crippen LogP contribution in [0.5, 0.6) is 0 Å². The molecule has 5 rings (SSSR count). The highest BCUT2D eigenvalue weighted by molar-refractivity contribution is 6.14. The molecule has 0 radical (unpaired) electrons. The Morgan fingerprint density at radius 3 is 2.49 bits per heavy atom. The number of para-hydroxylation sites is 1. The van der Waals surface area contributed by atoms with Gasteiger partial charge >= 0.3 is 6.18 Å². The van der Waals surface area contributed by atoms with E-state index < -0.39 is 23.6 Å². The van der Waals surface area contributed by atoms with E-state index in [1.54, 1.807) is 24.3 Å². The Morgan fingerprint density at radius 2 is 1.70 bits per heavy atom. The van der Waals surface area contributed by atoms with Gasteiger partial charge in [0.15, 0.2) is 0 Å². The van der Waals surface area contributed by atoms with Gasteiger partial charge in [0.05, 0.1) is 18.2 Å². The summed E-state index contributed by atoms with van der Waals surface area (Å²) in [7, 11) is 0. The molecule has 0 unspecified atom stereocenters. The molecule has 2 N–H and O–H groups in total. The second kappa shape index (κ2) is 9.16. The summed E-state index contributed by atoms with van der Waals surface area (Å²) < 4.78 is 50.6. The molecule has 6 nitrogen and oxygen atoms in total. The van der Waals surface area contributed by atoms with Gasteiger partial charge in [0, 0.05) is 22.0 Å². The average Bonchev–Trinajstić information content (AvgIpc) is 3.40. The highest BCUT2D eigenvalue weighted by Gasteiger charge is 2.31. The fourth-order valence-corrected chi connectivity index (χ4v) is 4.40. The van der Waals surface area contributed by atoms with Gasteiger partial charge < -0.3 is 19.5 Å². The summed E-state index contributed by atoms with van der Waals surface area (Å²) in [5, 5.41) is 6.51. The smallest absolute Gasteiger partial charge is 0.416 e. The van der Waals surface area contributed by atoms with Crippen LogP contribution in [0.4, 0.5) is 24.5 Å². The van der Waals surface area contributed by atoms with Crippen molar-refractivity contribution in [3.05, 3.63) is 94.9 Å². The Morgan fingerprint density at radius 1 is 0.919 bits per heavy atom. The number of hydrogen-bond acceptors (Lipinski definition) is 4. The van der Waals surface area contributed by atoms with Gasteiger partial charge in [-0.05, 0) is 61.4 Å². The molecule has 0 saturated carbocycles. The summed E-state index contributed by atoms with van der Waals surface area (Å²) >= 11 is 0. The number of benzene rings is 3. The first-order valence-corrected chi connectivity index (χ1v) is 11.4. The molecule has 0 bridgehead atoms. The normalized spacial score (nSPS) is 11.7. The minimum Gasteiger partial charge on any atom is -0.464 e. The molecule has 0 atom stereocenters. The van der Waals surface area contributed by atoms with E-state index in [1.165, 1.54) is 18.4 Å². The van der Waals surface area contributed by atoms with Crippen molar-refractivity contribution in [1.82, 2.24) is 0 Å². The van der Waals surface area contributed by atoms with E-state index >= 15 is 0 Å². The van der Waals surface area contributed by atoms with Gasteiger partial charge in [-0.25, -0.2) is 0 Å². The first-order chi connectivity index (χ1) is 17.6. The molecular weight excluding hydrogens is 485 g/mol. The number of anilines is 2. The predicted molar refractivity (Wildman–Crippen MR) is 134 cm³/mol. The predicted octanol–water partition coefficient (Wildman–Crippen LogP) is 7.25. The van der Waals surface area contributed by atoms with Crippen LogP contribution in [0.2, 0.25) is 0 Å². The fraction of sp³-hybridized carbons (Fsp3) is 0.143. The second-order valence-corrected chi connectivity index (χ2v) is 8.78. The van der Waals surface area contributed by atoms with Gasteiger partial charge in [-0.1, -0.05) is 24.3 Å². The van der Waals surface area contributed by atoms with Crippen molar-refractivity contribution in [3.63, 3.8) is 0 Å². The van der Waals surface area contributed by atoms with Crippen molar-refractivity contribution in [2.45, 2.75) is 26.4 Å². The Labute approximate surface area is 209 Å². The lowest BCUT2D eigenvalue weighted by Crippen LogP contribution is -2.18. The van der Waals surface area contributed by atoms with Gasteiger partial charge in [-0.2, -0.15) is 13.2 Å². The lowest BCUT2D eigenvalue weighted by Gasteiger charge is -2.10. The number of rotatable bonds is 5. The van der Waals surface area contributed by atoms with Gasteiger partial charge in [-0.3, -0.25) is 9.59 Å². The van der Waals surface area contributed by atoms with Gasteiger partial charge in [0.25, 0.3) is 5.91 Å². The quantitative estimate of drug-likeness (QED) is 0.263. The van der Waals surface area contributed by atoms with E-state index in [1.807, 2.05) is 26.0 Å². The Balaban J connectivity index is 1.44. The van der Waals surface area contributed by atoms with E-state index in [2.05, 4.69) is 10.6 Å². The summed E-state index contributed by atoms with van der Waals surface area (Å²) in [6.07, 6.45) is -3.05. The monoisotopic (exact) mass is 506 g/mol. The number of aryl methyl sites for hydroxylation is 2. The van der Waals surface area contributed by atoms with Crippen molar-refractivity contribution < 1.29 is 31.6 Å². The average molecular weight is 506 g/mol. The molecule has 188 valence electrons. The Hall–Kier alpha value is -4.53. The number of carbonyl (C=O) groups is 2. The van der Waals surface area contributed by atoms with Crippen molar-refractivity contribution in [3.8, 4) is 0 Å². The molecule has 9 heteroatoms. The minimum absolute atomic E-state index is 0.0227. The van der Waals surface area contributed by atoms with Crippen LogP contribution in [-0.2, 0) is 17.4 Å². The molecule has 2 heterocycles. The van der Waals surface area contributed by atoms with E-state index in [4.69, 9.17) is 8.83 Å². The van der Waals surface area contributed by atoms with Crippen molar-refractivity contribution in [2.24, 2.45) is 0 Å². The van der Waals surface area contributed by atoms with E-state index in [0.29, 0.717) is 22.1 Å². The number of alkyl halides is 3. The highest BCUT2D eigenvalue weighted by atomic mass is 19.4. The van der Waals surface area contributed by atoms with Crippen LogP contribution in [0.15, 0.2) is 75.8 Å². The zero-order valence-electron chi connectivity index (χ0n) is 19.8. The van der Waals surface area contributed by atoms with Gasteiger partial charge in [0.1, 0.15) is 16.9 Å². The molecule has 0 fully saturated rings. The summed E-state index contributed by atoms with van der Waals surface area (Å²) in [4.78, 5) is 26.1. The number of hydrogen-bond donors (Lipinski definition) is 2. The number of fused-ring (bicyclic) bond motifs is 2. The summed E-state index contributed by atoms with van der Waals surface area (Å²) in [5.74, 6) is -1.44. The van der Waals surface area contributed by atoms with E-state index in [9.17, 15) is 22.8 Å². The first-order valence-electron chi connectivity index (χ1n) is 11.4. The van der Waals surface area contributed by atoms with Crippen molar-refractivity contribution >= 4 is 45.1 Å². The summed E-state index contributed by atoms with van der Waals surface area (Å²) in [6.45, 7) is 3.89. The van der Waals surface area contributed by atoms with Gasteiger partial charge in [0.2, 0.25) is 11.7 Å². The number of furan rings is 2. The SMILES string of the molecule is Cc1cc(C)c2c(CC(=O)Nc3c(C(=O)Nc4cccc(C(F)(F)F)c4)oc4ccccc34)coc2c1. The van der Waals surface area contributed by atoms with Crippen LogP contribution < -0.4 is 10.6 Å². The maximum absolute atomic E-state index is 13.1. The molecule has 5 aromatic rings. The Bertz CT molecular complexity index is 1660. The number of halogens is 3. The van der Waals surface area contributed by atoms with Crippen molar-refractivity contribution in [2.75, 3.05) is 10.6 Å². The van der Waals surface area contributed by atoms with E-state index in [-0.39, 0.29) is 23.6 Å². The molecule has 0 aliphatic rings. The molecular formula is C28H21F3N2O4. The summed E-state index contributed by atoms with van der Waals surface area (Å²) in [5.41, 5.74) is 2.88. The molecule has 0 saturated heterocycles. The first kappa shape index (κ1) is 24.2. The number of nitrogens with one attached hydrogen (secondary N) is 2. The van der Waals surface area contributed by atoms with Crippen LogP contribution in [0.1, 0.15) is 32.8 Å². The maximum atomic E-state index is 13.1. The standard InChI is InChI=1S/C28H21F3N2O4/c1-15-10-16(2)24-17(14-36-22(24)11-15)12-23(34)33-25-20-8-3-4-9-21(20)37-26(25)27(35)32-19-7-5-6-18(13-19)28(29,30)31/h3-11,13-14H,12H2,1-2H3,(H,32,35)(H,33,34). The zero-order chi connectivity index (χ0) is 26.3. The van der Waals surface area contributed by atoms with Crippen LogP contribution in [0, 0.1) is 13.8 Å². The second-order valence-electron chi connectivity index (χ2n) is 8.78. The maximum Gasteiger partial charge on any atom is 0.416 e. The molecule has 0 aliphatic heterocycles. The number of amides is 2. The van der Waals surface area contributed by atoms with Crippen molar-refractivity contribution in [1.29, 1.82) is 0 Å². The Kier molecular flexibility index (Phi) is 5.99. The molecule has 0 spiro atoms. The molecule has 0 aliphatic carbocycles. The third kappa shape index (κ3) is 4.80. The number of carbonyl (C=O) groups excluding carboxylic acids is 2.